The molecular formula is C24H37F. The van der Waals surface area contributed by atoms with Gasteiger partial charge in [0.25, 0.3) is 0 Å². The summed E-state index contributed by atoms with van der Waals surface area (Å²) in [6.45, 7) is 2.29. The smallest absolute Gasteiger partial charge is 0.0827 e. The van der Waals surface area contributed by atoms with Crippen LogP contribution in [0.15, 0.2) is 36.7 Å². The first-order chi connectivity index (χ1) is 12.3. The van der Waals surface area contributed by atoms with E-state index in [1.54, 1.807) is 6.08 Å². The molecule has 1 aliphatic carbocycles. The van der Waals surface area contributed by atoms with Crippen molar-refractivity contribution in [3.05, 3.63) is 47.8 Å². The van der Waals surface area contributed by atoms with Crippen molar-refractivity contribution in [1.82, 2.24) is 0 Å². The zero-order valence-corrected chi connectivity index (χ0v) is 16.2. The van der Waals surface area contributed by atoms with Gasteiger partial charge in [0, 0.05) is 0 Å². The average Bonchev–Trinajstić information content (AvgIpc) is 2.66. The van der Waals surface area contributed by atoms with Crippen LogP contribution in [0.5, 0.6) is 0 Å². The van der Waals surface area contributed by atoms with E-state index in [4.69, 9.17) is 0 Å². The van der Waals surface area contributed by atoms with Crippen LogP contribution in [0.1, 0.15) is 88.7 Å². The molecule has 1 aromatic rings. The number of rotatable bonds is 11. The largest absolute Gasteiger partial charge is 0.216 e. The van der Waals surface area contributed by atoms with Crippen molar-refractivity contribution in [1.29, 1.82) is 0 Å². The van der Waals surface area contributed by atoms with Crippen LogP contribution in [0.4, 0.5) is 4.39 Å². The van der Waals surface area contributed by atoms with Crippen molar-refractivity contribution in [2.24, 2.45) is 11.8 Å². The molecule has 0 saturated heterocycles. The second kappa shape index (κ2) is 12.3. The minimum Gasteiger partial charge on any atom is -0.216 e. The highest BCUT2D eigenvalue weighted by molar-refractivity contribution is 5.23. The highest BCUT2D eigenvalue weighted by Gasteiger charge is 2.20. The van der Waals surface area contributed by atoms with Crippen LogP contribution in [0, 0.1) is 11.8 Å². The molecule has 0 N–H and O–H groups in total. The molecule has 1 heteroatoms. The highest BCUT2D eigenvalue weighted by Crippen LogP contribution is 2.34. The minimum atomic E-state index is 0.647. The maximum absolute atomic E-state index is 12.0. The summed E-state index contributed by atoms with van der Waals surface area (Å²) in [6.07, 6.45) is 19.5. The van der Waals surface area contributed by atoms with E-state index >= 15 is 0 Å². The Morgan fingerprint density at radius 3 is 2.04 bits per heavy atom. The fourth-order valence-corrected chi connectivity index (χ4v) is 4.23. The summed E-state index contributed by atoms with van der Waals surface area (Å²) in [5.41, 5.74) is 2.77. The van der Waals surface area contributed by atoms with Crippen molar-refractivity contribution in [2.45, 2.75) is 90.4 Å². The molecule has 1 saturated carbocycles. The van der Waals surface area contributed by atoms with Gasteiger partial charge in [-0.15, -0.1) is 0 Å². The van der Waals surface area contributed by atoms with E-state index in [2.05, 4.69) is 31.2 Å². The first-order valence-corrected chi connectivity index (χ1v) is 10.6. The molecule has 140 valence electrons. The van der Waals surface area contributed by atoms with Gasteiger partial charge in [0.1, 0.15) is 0 Å². The molecule has 0 aromatic heterocycles. The minimum absolute atomic E-state index is 0.647. The number of allylic oxidation sites excluding steroid dienone is 1. The molecule has 25 heavy (non-hydrogen) atoms. The van der Waals surface area contributed by atoms with Crippen LogP contribution in [-0.2, 0) is 12.8 Å². The predicted molar refractivity (Wildman–Crippen MR) is 108 cm³/mol. The Kier molecular flexibility index (Phi) is 9.92. The number of hydrogen-bond donors (Lipinski definition) is 0. The topological polar surface area (TPSA) is 0 Å². The second-order valence-electron chi connectivity index (χ2n) is 7.99. The summed E-state index contributed by atoms with van der Waals surface area (Å²) in [7, 11) is 0. The van der Waals surface area contributed by atoms with E-state index < -0.39 is 0 Å². The molecule has 0 unspecified atom stereocenters. The third kappa shape index (κ3) is 8.21. The van der Waals surface area contributed by atoms with Gasteiger partial charge in [0.2, 0.25) is 0 Å². The lowest BCUT2D eigenvalue weighted by molar-refractivity contribution is 0.249. The third-order valence-electron chi connectivity index (χ3n) is 5.99. The van der Waals surface area contributed by atoms with Gasteiger partial charge in [0.05, 0.1) is 6.33 Å². The van der Waals surface area contributed by atoms with Crippen LogP contribution in [-0.4, -0.2) is 0 Å². The monoisotopic (exact) mass is 344 g/mol. The SMILES string of the molecule is CCCCCCC1CCC(CCc2ccc(CC/C=C/F)cc2)CC1. The van der Waals surface area contributed by atoms with Crippen LogP contribution < -0.4 is 0 Å². The van der Waals surface area contributed by atoms with Gasteiger partial charge in [-0.05, 0) is 48.6 Å². The molecule has 0 heterocycles. The molecule has 2 rings (SSSR count). The van der Waals surface area contributed by atoms with E-state index in [0.717, 1.165) is 24.7 Å². The van der Waals surface area contributed by atoms with Gasteiger partial charge in [-0.3, -0.25) is 0 Å². The molecule has 1 aliphatic rings. The summed E-state index contributed by atoms with van der Waals surface area (Å²) in [6, 6.07) is 8.98. The normalized spacial score (nSPS) is 21.0. The molecule has 0 spiro atoms. The molecule has 0 bridgehead atoms. The van der Waals surface area contributed by atoms with Crippen LogP contribution in [0.3, 0.4) is 0 Å². The molecule has 0 nitrogen and oxygen atoms in total. The lowest BCUT2D eigenvalue weighted by Gasteiger charge is -2.28. The summed E-state index contributed by atoms with van der Waals surface area (Å²) in [5, 5.41) is 0. The van der Waals surface area contributed by atoms with Crippen molar-refractivity contribution >= 4 is 0 Å². The zero-order valence-electron chi connectivity index (χ0n) is 16.2. The average molecular weight is 345 g/mol. The molecule has 0 amide bonds. The highest BCUT2D eigenvalue weighted by atomic mass is 19.1. The molecular weight excluding hydrogens is 307 g/mol. The Morgan fingerprint density at radius 2 is 1.44 bits per heavy atom. The standard InChI is InChI=1S/C24H37F/c1-2-3-4-5-8-21-10-14-23(15-11-21)18-19-24-16-12-22(13-17-24)9-6-7-20-25/h7,12-13,16-17,20-21,23H,2-6,8-11,14-15,18-19H2,1H3/b20-7+. The van der Waals surface area contributed by atoms with Gasteiger partial charge in [-0.25, -0.2) is 4.39 Å². The van der Waals surface area contributed by atoms with Crippen molar-refractivity contribution in [3.8, 4) is 0 Å². The lowest BCUT2D eigenvalue weighted by Crippen LogP contribution is -2.15. The summed E-state index contributed by atoms with van der Waals surface area (Å²) in [4.78, 5) is 0. The Morgan fingerprint density at radius 1 is 0.840 bits per heavy atom. The maximum Gasteiger partial charge on any atom is 0.0827 e. The van der Waals surface area contributed by atoms with Crippen molar-refractivity contribution in [2.75, 3.05) is 0 Å². The predicted octanol–water partition coefficient (Wildman–Crippen LogP) is 7.81. The summed E-state index contributed by atoms with van der Waals surface area (Å²) < 4.78 is 12.0. The molecule has 1 aromatic carbocycles. The van der Waals surface area contributed by atoms with E-state index in [1.165, 1.54) is 81.8 Å². The molecule has 0 aliphatic heterocycles. The van der Waals surface area contributed by atoms with Gasteiger partial charge in [-0.1, -0.05) is 95.1 Å². The molecule has 1 fully saturated rings. The fraction of sp³-hybridized carbons (Fsp3) is 0.667. The van der Waals surface area contributed by atoms with Gasteiger partial charge >= 0.3 is 0 Å². The Hall–Kier alpha value is -1.11. The van der Waals surface area contributed by atoms with Gasteiger partial charge in [0.15, 0.2) is 0 Å². The maximum atomic E-state index is 12.0. The van der Waals surface area contributed by atoms with Crippen LogP contribution >= 0.6 is 0 Å². The van der Waals surface area contributed by atoms with Gasteiger partial charge < -0.3 is 0 Å². The van der Waals surface area contributed by atoms with Crippen LogP contribution in [0.25, 0.3) is 0 Å². The number of hydrogen-bond acceptors (Lipinski definition) is 0. The Bertz CT molecular complexity index is 465. The van der Waals surface area contributed by atoms with Crippen molar-refractivity contribution < 1.29 is 4.39 Å². The summed E-state index contributed by atoms with van der Waals surface area (Å²) in [5.74, 6) is 1.96. The zero-order chi connectivity index (χ0) is 17.7. The van der Waals surface area contributed by atoms with E-state index in [-0.39, 0.29) is 0 Å². The Balaban J connectivity index is 1.60. The quantitative estimate of drug-likeness (QED) is 0.359. The number of aryl methyl sites for hydroxylation is 2. The second-order valence-corrected chi connectivity index (χ2v) is 7.99. The number of unbranched alkanes of at least 4 members (excludes halogenated alkanes) is 3. The first kappa shape index (κ1) is 20.2. The third-order valence-corrected chi connectivity index (χ3v) is 5.99. The summed E-state index contributed by atoms with van der Waals surface area (Å²) >= 11 is 0. The number of halogens is 1. The fourth-order valence-electron chi connectivity index (χ4n) is 4.23. The Labute approximate surface area is 154 Å². The lowest BCUT2D eigenvalue weighted by atomic mass is 9.77. The van der Waals surface area contributed by atoms with Crippen molar-refractivity contribution in [3.63, 3.8) is 0 Å². The van der Waals surface area contributed by atoms with Crippen LogP contribution in [0.2, 0.25) is 0 Å². The number of benzene rings is 1. The van der Waals surface area contributed by atoms with E-state index in [0.29, 0.717) is 6.33 Å². The molecule has 0 radical (unpaired) electrons. The molecule has 0 atom stereocenters. The van der Waals surface area contributed by atoms with E-state index in [9.17, 15) is 4.39 Å². The first-order valence-electron chi connectivity index (χ1n) is 10.6. The van der Waals surface area contributed by atoms with Gasteiger partial charge in [-0.2, -0.15) is 0 Å². The van der Waals surface area contributed by atoms with E-state index in [1.807, 2.05) is 0 Å².